The molecular weight excluding hydrogens is 608 g/mol. The van der Waals surface area contributed by atoms with E-state index in [1.165, 1.54) is 23.8 Å². The molecular formula is C20H29N7O11P2S. The van der Waals surface area contributed by atoms with E-state index in [0.717, 1.165) is 0 Å². The third-order valence-electron chi connectivity index (χ3n) is 7.31. The van der Waals surface area contributed by atoms with E-state index in [2.05, 4.69) is 25.6 Å². The highest BCUT2D eigenvalue weighted by Crippen LogP contribution is 2.53. The first-order valence-corrected chi connectivity index (χ1v) is 16.8. The van der Waals surface area contributed by atoms with Gasteiger partial charge in [-0.2, -0.15) is 0 Å². The molecule has 0 aromatic carbocycles. The summed E-state index contributed by atoms with van der Waals surface area (Å²) in [6, 6.07) is 0.689. The molecule has 0 spiro atoms. The van der Waals surface area contributed by atoms with Crippen LogP contribution >= 0.6 is 14.5 Å². The second-order valence-electron chi connectivity index (χ2n) is 10.1. The first-order chi connectivity index (χ1) is 19.5. The Bertz CT molecular complexity index is 1270. The number of fused-ring (bicyclic) bond motifs is 4. The first kappa shape index (κ1) is 29.4. The lowest BCUT2D eigenvalue weighted by molar-refractivity contribution is -0.130. The summed E-state index contributed by atoms with van der Waals surface area (Å²) in [6.07, 6.45) is -3.57. The highest BCUT2D eigenvalue weighted by Gasteiger charge is 2.55. The number of phosphoric acid groups is 1. The number of phosphoric ester groups is 1. The molecule has 1 saturated carbocycles. The maximum Gasteiger partial charge on any atom is 0.472 e. The molecule has 41 heavy (non-hydrogen) atoms. The number of rotatable bonds is 3. The minimum atomic E-state index is -4.68. The number of amides is 1. The smallest absolute Gasteiger partial charge is 0.472 e. The summed E-state index contributed by atoms with van der Waals surface area (Å²) >= 11 is 5.27. The largest absolute Gasteiger partial charge is 0.474 e. The Morgan fingerprint density at radius 2 is 2.02 bits per heavy atom. The monoisotopic (exact) mass is 637 g/mol. The maximum atomic E-state index is 12.9. The van der Waals surface area contributed by atoms with Crippen molar-refractivity contribution in [1.82, 2.24) is 25.5 Å². The van der Waals surface area contributed by atoms with Gasteiger partial charge in [0.2, 0.25) is 5.88 Å². The van der Waals surface area contributed by atoms with Gasteiger partial charge in [0.15, 0.2) is 12.3 Å². The van der Waals surface area contributed by atoms with Gasteiger partial charge in [0.1, 0.15) is 43.2 Å². The third-order valence-corrected chi connectivity index (χ3v) is 9.88. The molecule has 1 aliphatic carbocycles. The van der Waals surface area contributed by atoms with Gasteiger partial charge in [-0.3, -0.25) is 34.4 Å². The number of hydrogen-bond acceptors (Lipinski definition) is 16. The molecule has 1 amide bonds. The van der Waals surface area contributed by atoms with Crippen LogP contribution in [0.15, 0.2) is 23.6 Å². The van der Waals surface area contributed by atoms with E-state index in [0.29, 0.717) is 12.3 Å². The molecule has 5 unspecified atom stereocenters. The van der Waals surface area contributed by atoms with Gasteiger partial charge < -0.3 is 39.1 Å². The molecule has 1 aromatic rings. The van der Waals surface area contributed by atoms with Crippen LogP contribution in [-0.2, 0) is 44.0 Å². The molecule has 18 nitrogen and oxygen atoms in total. The van der Waals surface area contributed by atoms with Crippen LogP contribution in [0.1, 0.15) is 12.8 Å². The molecule has 3 saturated heterocycles. The zero-order chi connectivity index (χ0) is 28.9. The van der Waals surface area contributed by atoms with Crippen molar-refractivity contribution in [2.75, 3.05) is 13.2 Å². The number of aliphatic imine (C=N–C) groups is 1. The van der Waals surface area contributed by atoms with Crippen LogP contribution in [0.4, 0.5) is 0 Å². The summed E-state index contributed by atoms with van der Waals surface area (Å²) in [5.41, 5.74) is 5.86. The first-order valence-electron chi connectivity index (χ1n) is 12.7. The van der Waals surface area contributed by atoms with Gasteiger partial charge >= 0.3 is 14.5 Å². The van der Waals surface area contributed by atoms with Crippen LogP contribution in [0.25, 0.3) is 0 Å². The molecule has 2 bridgehead atoms. The van der Waals surface area contributed by atoms with Gasteiger partial charge in [-0.1, -0.05) is 0 Å². The van der Waals surface area contributed by atoms with Gasteiger partial charge in [-0.25, -0.2) is 14.5 Å². The molecule has 4 fully saturated rings. The van der Waals surface area contributed by atoms with Crippen molar-refractivity contribution in [3.63, 3.8) is 0 Å². The number of nitrogens with one attached hydrogen (secondary N) is 2. The van der Waals surface area contributed by atoms with E-state index in [4.69, 9.17) is 45.1 Å². The fraction of sp³-hybridized carbons (Fsp3) is 0.700. The van der Waals surface area contributed by atoms with Gasteiger partial charge in [0, 0.05) is 24.6 Å². The maximum absolute atomic E-state index is 12.9. The van der Waals surface area contributed by atoms with Crippen molar-refractivity contribution in [2.45, 2.75) is 68.1 Å². The fourth-order valence-electron chi connectivity index (χ4n) is 5.45. The summed E-state index contributed by atoms with van der Waals surface area (Å²) in [5, 5.41) is 16.5. The predicted octanol–water partition coefficient (Wildman–Crippen LogP) is -2.15. The molecule has 6 rings (SSSR count). The van der Waals surface area contributed by atoms with Crippen LogP contribution in [0.2, 0.25) is 0 Å². The molecule has 21 heteroatoms. The molecule has 0 radical (unpaired) electrons. The van der Waals surface area contributed by atoms with E-state index in [1.54, 1.807) is 6.07 Å². The van der Waals surface area contributed by atoms with E-state index in [-0.39, 0.29) is 13.0 Å². The lowest BCUT2D eigenvalue weighted by atomic mass is 10.1. The average Bonchev–Trinajstić information content (AvgIpc) is 3.57. The number of carbonyl (C=O) groups excluding carboxylic acids is 1. The summed E-state index contributed by atoms with van der Waals surface area (Å²) < 4.78 is 46.9. The van der Waals surface area contributed by atoms with Crippen LogP contribution in [0.3, 0.4) is 0 Å². The zero-order valence-electron chi connectivity index (χ0n) is 21.2. The molecule has 226 valence electrons. The Hall–Kier alpha value is -1.70. The van der Waals surface area contributed by atoms with Crippen LogP contribution in [-0.4, -0.2) is 110 Å². The number of hydrogen-bond donors (Lipinski definition) is 6. The number of aliphatic hydroxyl groups is 1. The Morgan fingerprint density at radius 3 is 2.80 bits per heavy atom. The lowest BCUT2D eigenvalue weighted by Gasteiger charge is -2.39. The summed E-state index contributed by atoms with van der Waals surface area (Å²) in [7, 11) is -4.68. The second kappa shape index (κ2) is 11.4. The highest BCUT2D eigenvalue weighted by molar-refractivity contribution is 8.07. The zero-order valence-corrected chi connectivity index (χ0v) is 23.8. The van der Waals surface area contributed by atoms with Crippen LogP contribution in [0.5, 0.6) is 5.88 Å². The minimum absolute atomic E-state index is 0.188. The van der Waals surface area contributed by atoms with E-state index in [1.807, 2.05) is 0 Å². The van der Waals surface area contributed by atoms with Gasteiger partial charge in [-0.05, 0) is 18.2 Å². The van der Waals surface area contributed by atoms with E-state index in [9.17, 15) is 24.3 Å². The molecule has 4 aliphatic heterocycles. The predicted molar refractivity (Wildman–Crippen MR) is 139 cm³/mol. The molecule has 5 heterocycles. The van der Waals surface area contributed by atoms with Crippen LogP contribution in [0, 0.1) is 5.92 Å². The van der Waals surface area contributed by atoms with Gasteiger partial charge in [-0.15, -0.1) is 0 Å². The summed E-state index contributed by atoms with van der Waals surface area (Å²) in [4.78, 5) is 47.4. The highest BCUT2D eigenvalue weighted by atomic mass is 32.5. The SMILES string of the molecule is NC1NC(=O)C2N=CN([C@@H]3O[C@@H]4COP(=O)(O)O[C@H]5C[C@H](Oc6ccncn6)C[C@@H]5COP(O)(=S)O[C@@H]3[C@@H]4O)C2N1. The minimum Gasteiger partial charge on any atom is -0.474 e. The summed E-state index contributed by atoms with van der Waals surface area (Å²) in [5.74, 6) is -0.664. The normalized spacial score (nSPS) is 46.5. The quantitative estimate of drug-likeness (QED) is 0.194. The van der Waals surface area contributed by atoms with Crippen molar-refractivity contribution < 1.29 is 51.8 Å². The number of aliphatic hydroxyl groups excluding tert-OH is 1. The number of nitrogens with two attached hydrogens (primary N) is 1. The summed E-state index contributed by atoms with van der Waals surface area (Å²) in [6.45, 7) is -4.83. The van der Waals surface area contributed by atoms with Gasteiger partial charge in [0.25, 0.3) is 5.91 Å². The number of ether oxygens (including phenoxy) is 2. The Kier molecular flexibility index (Phi) is 8.18. The topological polar surface area (TPSA) is 242 Å². The standard InChI is InChI=1S/C20H29N7O11P2S/c21-20-25-17-14(18(29)26-20)24-8-27(17)19-16-15(28)12(36-19)6-33-39(30,31)37-11-4-10(35-13-1-2-22-7-23-13)3-9(11)5-34-40(32,41)38-16/h1-2,7-12,14-17,19-20,25,28H,3-6,21H2,(H,26,29)(H,30,31)(H,32,41)/t9-,10-,11+,12-,14?,15-,16-,17?,19-,20?,40?/m1/s1. The third kappa shape index (κ3) is 6.33. The van der Waals surface area contributed by atoms with Crippen molar-refractivity contribution >= 4 is 38.6 Å². The number of carbonyl (C=O) groups is 1. The second-order valence-corrected chi connectivity index (χ2v) is 14.3. The Labute approximate surface area is 238 Å². The van der Waals surface area contributed by atoms with E-state index >= 15 is 0 Å². The van der Waals surface area contributed by atoms with Crippen LogP contribution < -0.4 is 21.1 Å². The number of aromatic nitrogens is 2. The Morgan fingerprint density at radius 1 is 1.20 bits per heavy atom. The van der Waals surface area contributed by atoms with Crippen molar-refractivity contribution in [1.29, 1.82) is 0 Å². The number of nitrogens with zero attached hydrogens (tertiary/aromatic N) is 4. The average molecular weight is 638 g/mol. The van der Waals surface area contributed by atoms with Gasteiger partial charge in [0.05, 0.1) is 25.7 Å². The molecule has 1 aromatic heterocycles. The van der Waals surface area contributed by atoms with Crippen molar-refractivity contribution in [3.8, 4) is 5.88 Å². The fourth-order valence-corrected chi connectivity index (χ4v) is 7.91. The molecule has 12 atom stereocenters. The van der Waals surface area contributed by atoms with Crippen molar-refractivity contribution in [3.05, 3.63) is 18.6 Å². The van der Waals surface area contributed by atoms with E-state index < -0.39 is 88.2 Å². The van der Waals surface area contributed by atoms with Crippen molar-refractivity contribution in [2.24, 2.45) is 16.6 Å². The lowest BCUT2D eigenvalue weighted by Crippen LogP contribution is -2.70. The Balaban J connectivity index is 1.22. The molecule has 7 N–H and O–H groups in total. The molecule has 5 aliphatic rings.